The molecule has 2 rings (SSSR count). The highest BCUT2D eigenvalue weighted by Gasteiger charge is 2.03. The first-order chi connectivity index (χ1) is 7.16. The number of anilines is 1. The Bertz CT molecular complexity index is 570. The minimum Gasteiger partial charge on any atom is -0.393 e. The van der Waals surface area contributed by atoms with Gasteiger partial charge >= 0.3 is 5.69 Å². The molecule has 78 valence electrons. The summed E-state index contributed by atoms with van der Waals surface area (Å²) in [6.07, 6.45) is 1.29. The Labute approximate surface area is 87.4 Å². The SMILES string of the molecule is Nc1cn(Cc2csnn2)c(=O)[nH]c1=O. The van der Waals surface area contributed by atoms with Crippen LogP contribution in [0.2, 0.25) is 0 Å². The summed E-state index contributed by atoms with van der Waals surface area (Å²) in [6.45, 7) is 0.246. The smallest absolute Gasteiger partial charge is 0.328 e. The summed E-state index contributed by atoms with van der Waals surface area (Å²) < 4.78 is 4.93. The van der Waals surface area contributed by atoms with Crippen LogP contribution in [0.15, 0.2) is 21.2 Å². The topological polar surface area (TPSA) is 107 Å². The molecule has 2 aromatic rings. The predicted octanol–water partition coefficient (Wildman–Crippen LogP) is -0.981. The van der Waals surface area contributed by atoms with E-state index < -0.39 is 11.2 Å². The maximum Gasteiger partial charge on any atom is 0.328 e. The van der Waals surface area contributed by atoms with Crippen LogP contribution in [0.3, 0.4) is 0 Å². The zero-order valence-corrected chi connectivity index (χ0v) is 8.32. The van der Waals surface area contributed by atoms with E-state index in [-0.39, 0.29) is 12.2 Å². The minimum atomic E-state index is -0.576. The van der Waals surface area contributed by atoms with Crippen molar-refractivity contribution >= 4 is 17.2 Å². The number of aromatic nitrogens is 4. The van der Waals surface area contributed by atoms with Gasteiger partial charge in [-0.1, -0.05) is 4.49 Å². The maximum absolute atomic E-state index is 11.3. The van der Waals surface area contributed by atoms with Crippen LogP contribution in [-0.2, 0) is 6.54 Å². The standard InChI is InChI=1S/C7H7N5O2S/c8-5-2-12(7(14)9-6(5)13)1-4-3-15-11-10-4/h2-3H,1,8H2,(H,9,13,14). The fourth-order valence-electron chi connectivity index (χ4n) is 1.07. The van der Waals surface area contributed by atoms with Crippen molar-refractivity contribution in [2.45, 2.75) is 6.54 Å². The Balaban J connectivity index is 2.42. The molecule has 7 nitrogen and oxygen atoms in total. The molecule has 0 radical (unpaired) electrons. The van der Waals surface area contributed by atoms with Gasteiger partial charge in [0, 0.05) is 11.6 Å². The number of nitrogen functional groups attached to an aromatic ring is 1. The van der Waals surface area contributed by atoms with Crippen LogP contribution in [0.5, 0.6) is 0 Å². The third-order valence-corrected chi connectivity index (χ3v) is 2.33. The van der Waals surface area contributed by atoms with Gasteiger partial charge in [0.25, 0.3) is 5.56 Å². The number of H-pyrrole nitrogens is 1. The first-order valence-corrected chi connectivity index (χ1v) is 4.85. The largest absolute Gasteiger partial charge is 0.393 e. The van der Waals surface area contributed by atoms with Crippen molar-refractivity contribution in [3.8, 4) is 0 Å². The number of nitrogens with zero attached hydrogens (tertiary/aromatic N) is 3. The number of hydrogen-bond donors (Lipinski definition) is 2. The number of rotatable bonds is 2. The molecule has 2 aromatic heterocycles. The quantitative estimate of drug-likeness (QED) is 0.683. The molecule has 0 amide bonds. The molecule has 2 heterocycles. The average molecular weight is 225 g/mol. The summed E-state index contributed by atoms with van der Waals surface area (Å²) in [4.78, 5) is 24.4. The first-order valence-electron chi connectivity index (χ1n) is 4.02. The van der Waals surface area contributed by atoms with Crippen LogP contribution in [0.1, 0.15) is 5.69 Å². The van der Waals surface area contributed by atoms with Crippen molar-refractivity contribution in [1.29, 1.82) is 0 Å². The summed E-state index contributed by atoms with van der Waals surface area (Å²) in [5, 5.41) is 5.50. The van der Waals surface area contributed by atoms with Gasteiger partial charge in [0.15, 0.2) is 0 Å². The van der Waals surface area contributed by atoms with Crippen molar-refractivity contribution in [3.05, 3.63) is 38.1 Å². The van der Waals surface area contributed by atoms with Crippen LogP contribution in [0, 0.1) is 0 Å². The van der Waals surface area contributed by atoms with Crippen LogP contribution >= 0.6 is 11.5 Å². The fourth-order valence-corrected chi connectivity index (χ4v) is 1.51. The summed E-state index contributed by atoms with van der Waals surface area (Å²) in [5.74, 6) is 0. The highest BCUT2D eigenvalue weighted by atomic mass is 32.1. The van der Waals surface area contributed by atoms with E-state index in [4.69, 9.17) is 5.73 Å². The normalized spacial score (nSPS) is 10.4. The van der Waals surface area contributed by atoms with Gasteiger partial charge in [-0.2, -0.15) is 0 Å². The predicted molar refractivity (Wildman–Crippen MR) is 54.7 cm³/mol. The van der Waals surface area contributed by atoms with E-state index in [2.05, 4.69) is 14.6 Å². The Morgan fingerprint density at radius 3 is 3.00 bits per heavy atom. The molecule has 0 aromatic carbocycles. The molecule has 0 unspecified atom stereocenters. The van der Waals surface area contributed by atoms with Gasteiger partial charge in [0.2, 0.25) is 0 Å². The lowest BCUT2D eigenvalue weighted by atomic mass is 10.4. The lowest BCUT2D eigenvalue weighted by Crippen LogP contribution is -2.31. The third-order valence-electron chi connectivity index (χ3n) is 1.78. The second-order valence-electron chi connectivity index (χ2n) is 2.87. The van der Waals surface area contributed by atoms with Gasteiger partial charge in [-0.05, 0) is 11.5 Å². The van der Waals surface area contributed by atoms with Crippen molar-refractivity contribution in [2.24, 2.45) is 0 Å². The van der Waals surface area contributed by atoms with Gasteiger partial charge < -0.3 is 5.73 Å². The molecule has 0 atom stereocenters. The molecule has 15 heavy (non-hydrogen) atoms. The van der Waals surface area contributed by atoms with E-state index in [1.54, 1.807) is 5.38 Å². The molecule has 0 aliphatic heterocycles. The van der Waals surface area contributed by atoms with E-state index in [1.165, 1.54) is 22.3 Å². The van der Waals surface area contributed by atoms with E-state index in [0.717, 1.165) is 0 Å². The Hall–Kier alpha value is -1.96. The van der Waals surface area contributed by atoms with E-state index in [1.807, 2.05) is 0 Å². The Kier molecular flexibility index (Phi) is 2.34. The van der Waals surface area contributed by atoms with Gasteiger partial charge in [-0.3, -0.25) is 14.3 Å². The lowest BCUT2D eigenvalue weighted by molar-refractivity contribution is 0.705. The zero-order valence-electron chi connectivity index (χ0n) is 7.51. The van der Waals surface area contributed by atoms with Crippen LogP contribution < -0.4 is 17.0 Å². The summed E-state index contributed by atoms with van der Waals surface area (Å²) >= 11 is 1.19. The van der Waals surface area contributed by atoms with E-state index in [0.29, 0.717) is 5.69 Å². The molecule has 0 aliphatic carbocycles. The van der Waals surface area contributed by atoms with Crippen molar-refractivity contribution in [2.75, 3.05) is 5.73 Å². The second kappa shape index (κ2) is 3.65. The molecule has 0 bridgehead atoms. The Morgan fingerprint density at radius 2 is 2.33 bits per heavy atom. The number of nitrogens with two attached hydrogens (primary N) is 1. The number of aromatic amines is 1. The summed E-state index contributed by atoms with van der Waals surface area (Å²) in [7, 11) is 0. The molecule has 0 saturated heterocycles. The molecule has 0 aliphatic rings. The highest BCUT2D eigenvalue weighted by molar-refractivity contribution is 7.03. The van der Waals surface area contributed by atoms with Crippen LogP contribution in [0.4, 0.5) is 5.69 Å². The molecule has 0 saturated carbocycles. The second-order valence-corrected chi connectivity index (χ2v) is 3.48. The van der Waals surface area contributed by atoms with Crippen molar-refractivity contribution in [1.82, 2.24) is 19.1 Å². The van der Waals surface area contributed by atoms with Gasteiger partial charge in [-0.25, -0.2) is 4.79 Å². The lowest BCUT2D eigenvalue weighted by Gasteiger charge is -2.02. The van der Waals surface area contributed by atoms with Crippen molar-refractivity contribution in [3.63, 3.8) is 0 Å². The monoisotopic (exact) mass is 225 g/mol. The third kappa shape index (κ3) is 1.94. The number of hydrogen-bond acceptors (Lipinski definition) is 6. The van der Waals surface area contributed by atoms with Crippen LogP contribution in [0.25, 0.3) is 0 Å². The molecule has 0 fully saturated rings. The maximum atomic E-state index is 11.3. The van der Waals surface area contributed by atoms with Crippen LogP contribution in [-0.4, -0.2) is 19.1 Å². The highest BCUT2D eigenvalue weighted by Crippen LogP contribution is 1.99. The van der Waals surface area contributed by atoms with E-state index >= 15 is 0 Å². The van der Waals surface area contributed by atoms with Gasteiger partial charge in [-0.15, -0.1) is 5.10 Å². The Morgan fingerprint density at radius 1 is 1.53 bits per heavy atom. The van der Waals surface area contributed by atoms with Crippen molar-refractivity contribution < 1.29 is 0 Å². The fraction of sp³-hybridized carbons (Fsp3) is 0.143. The molecular weight excluding hydrogens is 218 g/mol. The molecular formula is C7H7N5O2S. The van der Waals surface area contributed by atoms with E-state index in [9.17, 15) is 9.59 Å². The summed E-state index contributed by atoms with van der Waals surface area (Å²) in [6, 6.07) is 0. The van der Waals surface area contributed by atoms with Gasteiger partial charge in [0.05, 0.1) is 12.2 Å². The summed E-state index contributed by atoms with van der Waals surface area (Å²) in [5.41, 5.74) is 4.94. The minimum absolute atomic E-state index is 0.00205. The number of nitrogens with one attached hydrogen (secondary N) is 1. The molecule has 0 spiro atoms. The molecule has 3 N–H and O–H groups in total. The average Bonchev–Trinajstić information content (AvgIpc) is 2.67. The first kappa shape index (κ1) is 9.59. The van der Waals surface area contributed by atoms with Gasteiger partial charge in [0.1, 0.15) is 5.69 Å². The molecule has 8 heteroatoms. The zero-order chi connectivity index (χ0) is 10.8.